The van der Waals surface area contributed by atoms with E-state index in [9.17, 15) is 0 Å². The lowest BCUT2D eigenvalue weighted by atomic mass is 10.1. The Morgan fingerprint density at radius 2 is 1.89 bits per heavy atom. The normalized spacial score (nSPS) is 16.2. The molecule has 0 amide bonds. The van der Waals surface area contributed by atoms with E-state index in [0.717, 1.165) is 48.8 Å². The standard InChI is InChI=1S/C20H19N7/c1-2-4-14(5-3-1)12-19-26-25-18-9-6-15(13-27(18)19)23-17-8-7-16-20(24-17)22-11-10-21-16/h1-5,7-8,10-11,15H,6,9,12-13H2,(H,22,23,24)/t15-/m0/s1. The van der Waals surface area contributed by atoms with Crippen LogP contribution in [0.5, 0.6) is 0 Å². The number of pyridine rings is 1. The molecule has 1 N–H and O–H groups in total. The molecule has 134 valence electrons. The van der Waals surface area contributed by atoms with Crippen LogP contribution in [0, 0.1) is 0 Å². The number of nitrogens with one attached hydrogen (secondary N) is 1. The van der Waals surface area contributed by atoms with Crippen LogP contribution in [0.1, 0.15) is 23.6 Å². The molecule has 7 heteroatoms. The molecule has 7 nitrogen and oxygen atoms in total. The maximum absolute atomic E-state index is 4.58. The van der Waals surface area contributed by atoms with E-state index in [2.05, 4.69) is 59.3 Å². The van der Waals surface area contributed by atoms with E-state index in [1.165, 1.54) is 5.56 Å². The number of aryl methyl sites for hydroxylation is 1. The van der Waals surface area contributed by atoms with E-state index in [0.29, 0.717) is 5.65 Å². The summed E-state index contributed by atoms with van der Waals surface area (Å²) in [5.41, 5.74) is 2.71. The fourth-order valence-corrected chi connectivity index (χ4v) is 3.55. The van der Waals surface area contributed by atoms with Gasteiger partial charge in [-0.2, -0.15) is 0 Å². The van der Waals surface area contributed by atoms with Crippen molar-refractivity contribution in [3.05, 3.63) is 72.1 Å². The van der Waals surface area contributed by atoms with E-state index in [1.807, 2.05) is 18.2 Å². The van der Waals surface area contributed by atoms with Gasteiger partial charge in [-0.25, -0.2) is 9.97 Å². The Morgan fingerprint density at radius 3 is 2.81 bits per heavy atom. The van der Waals surface area contributed by atoms with Gasteiger partial charge in [0, 0.05) is 37.8 Å². The first-order chi connectivity index (χ1) is 13.3. The van der Waals surface area contributed by atoms with Crippen molar-refractivity contribution in [2.75, 3.05) is 5.32 Å². The predicted octanol–water partition coefficient (Wildman–Crippen LogP) is 2.63. The molecule has 4 heterocycles. The lowest BCUT2D eigenvalue weighted by Crippen LogP contribution is -2.32. The van der Waals surface area contributed by atoms with Gasteiger partial charge in [0.05, 0.1) is 0 Å². The number of rotatable bonds is 4. The van der Waals surface area contributed by atoms with Crippen LogP contribution in [0.15, 0.2) is 54.9 Å². The molecule has 5 rings (SSSR count). The third-order valence-electron chi connectivity index (χ3n) is 4.91. The summed E-state index contributed by atoms with van der Waals surface area (Å²) < 4.78 is 2.25. The highest BCUT2D eigenvalue weighted by atomic mass is 15.3. The Bertz CT molecular complexity index is 1070. The van der Waals surface area contributed by atoms with E-state index in [4.69, 9.17) is 0 Å². The molecule has 0 spiro atoms. The summed E-state index contributed by atoms with van der Waals surface area (Å²) >= 11 is 0. The van der Waals surface area contributed by atoms with Crippen LogP contribution >= 0.6 is 0 Å². The van der Waals surface area contributed by atoms with E-state index < -0.39 is 0 Å². The molecule has 3 aromatic heterocycles. The second-order valence-electron chi connectivity index (χ2n) is 6.78. The van der Waals surface area contributed by atoms with Crippen molar-refractivity contribution in [1.82, 2.24) is 29.7 Å². The maximum Gasteiger partial charge on any atom is 0.180 e. The number of nitrogens with zero attached hydrogens (tertiary/aromatic N) is 6. The van der Waals surface area contributed by atoms with Crippen LogP contribution in [0.3, 0.4) is 0 Å². The monoisotopic (exact) mass is 357 g/mol. The zero-order valence-electron chi connectivity index (χ0n) is 14.8. The average Bonchev–Trinajstić information content (AvgIpc) is 3.11. The Labute approximate surface area is 156 Å². The average molecular weight is 357 g/mol. The highest BCUT2D eigenvalue weighted by Gasteiger charge is 2.23. The molecule has 1 aromatic carbocycles. The van der Waals surface area contributed by atoms with Gasteiger partial charge >= 0.3 is 0 Å². The number of benzene rings is 1. The summed E-state index contributed by atoms with van der Waals surface area (Å²) in [6.45, 7) is 0.838. The second-order valence-corrected chi connectivity index (χ2v) is 6.78. The Morgan fingerprint density at radius 1 is 1.00 bits per heavy atom. The van der Waals surface area contributed by atoms with Crippen LogP contribution in [-0.2, 0) is 19.4 Å². The molecule has 0 aliphatic carbocycles. The SMILES string of the molecule is c1ccc(Cc2nnc3n2C[C@@H](Nc2ccc4nccnc4n2)CC3)cc1. The summed E-state index contributed by atoms with van der Waals surface area (Å²) in [5, 5.41) is 12.4. The van der Waals surface area contributed by atoms with Crippen molar-refractivity contribution in [3.8, 4) is 0 Å². The number of anilines is 1. The van der Waals surface area contributed by atoms with E-state index in [-0.39, 0.29) is 6.04 Å². The van der Waals surface area contributed by atoms with Crippen molar-refractivity contribution in [2.24, 2.45) is 0 Å². The number of hydrogen-bond acceptors (Lipinski definition) is 6. The van der Waals surface area contributed by atoms with Gasteiger partial charge in [0.1, 0.15) is 23.0 Å². The lowest BCUT2D eigenvalue weighted by molar-refractivity contribution is 0.466. The molecular weight excluding hydrogens is 338 g/mol. The van der Waals surface area contributed by atoms with Crippen molar-refractivity contribution in [1.29, 1.82) is 0 Å². The van der Waals surface area contributed by atoms with Gasteiger partial charge in [-0.1, -0.05) is 30.3 Å². The molecule has 1 atom stereocenters. The van der Waals surface area contributed by atoms with Gasteiger partial charge in [-0.05, 0) is 24.1 Å². The first-order valence-corrected chi connectivity index (χ1v) is 9.14. The molecular formula is C20H19N7. The zero-order chi connectivity index (χ0) is 18.1. The Kier molecular flexibility index (Phi) is 3.97. The van der Waals surface area contributed by atoms with Crippen LogP contribution in [0.25, 0.3) is 11.2 Å². The van der Waals surface area contributed by atoms with Crippen LogP contribution in [-0.4, -0.2) is 35.8 Å². The van der Waals surface area contributed by atoms with Crippen molar-refractivity contribution in [3.63, 3.8) is 0 Å². The van der Waals surface area contributed by atoms with Gasteiger partial charge in [-0.15, -0.1) is 10.2 Å². The highest BCUT2D eigenvalue weighted by molar-refractivity contribution is 5.71. The second kappa shape index (κ2) is 6.75. The summed E-state index contributed by atoms with van der Waals surface area (Å²) in [5.74, 6) is 2.91. The molecule has 0 unspecified atom stereocenters. The summed E-state index contributed by atoms with van der Waals surface area (Å²) in [6.07, 6.45) is 6.06. The van der Waals surface area contributed by atoms with E-state index in [1.54, 1.807) is 12.4 Å². The highest BCUT2D eigenvalue weighted by Crippen LogP contribution is 2.20. The molecule has 1 aliphatic rings. The van der Waals surface area contributed by atoms with Gasteiger partial charge in [-0.3, -0.25) is 4.98 Å². The number of hydrogen-bond donors (Lipinski definition) is 1. The van der Waals surface area contributed by atoms with Crippen LogP contribution in [0.2, 0.25) is 0 Å². The quantitative estimate of drug-likeness (QED) is 0.605. The number of fused-ring (bicyclic) bond motifs is 2. The molecule has 0 bridgehead atoms. The third-order valence-corrected chi connectivity index (χ3v) is 4.91. The fraction of sp³-hybridized carbons (Fsp3) is 0.250. The molecule has 0 saturated heterocycles. The molecule has 27 heavy (non-hydrogen) atoms. The summed E-state index contributed by atoms with van der Waals surface area (Å²) in [4.78, 5) is 13.1. The molecule has 0 fully saturated rings. The van der Waals surface area contributed by atoms with Crippen molar-refractivity contribution < 1.29 is 0 Å². The topological polar surface area (TPSA) is 81.4 Å². The minimum Gasteiger partial charge on any atom is -0.365 e. The molecule has 1 aliphatic heterocycles. The summed E-state index contributed by atoms with van der Waals surface area (Å²) in [6, 6.07) is 14.6. The third kappa shape index (κ3) is 3.23. The minimum atomic E-state index is 0.282. The van der Waals surface area contributed by atoms with Gasteiger partial charge < -0.3 is 9.88 Å². The largest absolute Gasteiger partial charge is 0.365 e. The predicted molar refractivity (Wildman–Crippen MR) is 102 cm³/mol. The Hall–Kier alpha value is -3.35. The van der Waals surface area contributed by atoms with Gasteiger partial charge in [0.25, 0.3) is 0 Å². The van der Waals surface area contributed by atoms with Crippen molar-refractivity contribution >= 4 is 17.0 Å². The van der Waals surface area contributed by atoms with Crippen LogP contribution < -0.4 is 5.32 Å². The minimum absolute atomic E-state index is 0.282. The fourth-order valence-electron chi connectivity index (χ4n) is 3.55. The van der Waals surface area contributed by atoms with Crippen molar-refractivity contribution in [2.45, 2.75) is 31.8 Å². The molecule has 0 radical (unpaired) electrons. The molecule has 4 aromatic rings. The Balaban J connectivity index is 1.35. The zero-order valence-corrected chi connectivity index (χ0v) is 14.8. The molecule has 0 saturated carbocycles. The van der Waals surface area contributed by atoms with E-state index >= 15 is 0 Å². The number of aromatic nitrogens is 6. The van der Waals surface area contributed by atoms with Crippen LogP contribution in [0.4, 0.5) is 5.82 Å². The first kappa shape index (κ1) is 15.9. The smallest absolute Gasteiger partial charge is 0.180 e. The summed E-state index contributed by atoms with van der Waals surface area (Å²) in [7, 11) is 0. The lowest BCUT2D eigenvalue weighted by Gasteiger charge is -2.25. The first-order valence-electron chi connectivity index (χ1n) is 9.14. The maximum atomic E-state index is 4.58. The van der Waals surface area contributed by atoms with Gasteiger partial charge in [0.15, 0.2) is 5.65 Å². The van der Waals surface area contributed by atoms with Gasteiger partial charge in [0.2, 0.25) is 0 Å².